The predicted molar refractivity (Wildman–Crippen MR) is 108 cm³/mol. The summed E-state index contributed by atoms with van der Waals surface area (Å²) in [5, 5.41) is 5.78. The van der Waals surface area contributed by atoms with E-state index in [9.17, 15) is 14.0 Å². The number of amides is 2. The van der Waals surface area contributed by atoms with Crippen LogP contribution >= 0.6 is 0 Å². The molecule has 0 aliphatic carbocycles. The van der Waals surface area contributed by atoms with Crippen LogP contribution in [-0.4, -0.2) is 43.4 Å². The molecule has 0 bridgehead atoms. The number of nitrogens with one attached hydrogen (secondary N) is 2. The number of benzene rings is 2. The van der Waals surface area contributed by atoms with E-state index < -0.39 is 5.82 Å². The van der Waals surface area contributed by atoms with E-state index in [0.717, 1.165) is 49.5 Å². The fourth-order valence-electron chi connectivity index (χ4n) is 3.67. The lowest BCUT2D eigenvalue weighted by molar-refractivity contribution is -0.118. The summed E-state index contributed by atoms with van der Waals surface area (Å²) in [6.45, 7) is 5.06. The molecule has 2 heterocycles. The molecule has 0 radical (unpaired) electrons. The zero-order chi connectivity index (χ0) is 19.7. The van der Waals surface area contributed by atoms with Crippen LogP contribution in [0.5, 0.6) is 0 Å². The highest BCUT2D eigenvalue weighted by Crippen LogP contribution is 2.34. The number of piperazine rings is 1. The number of aryl methyl sites for hydroxylation is 1. The molecule has 0 unspecified atom stereocenters. The number of fused-ring (bicyclic) bond motifs is 1. The minimum Gasteiger partial charge on any atom is -0.368 e. The van der Waals surface area contributed by atoms with Gasteiger partial charge in [0.15, 0.2) is 0 Å². The standard InChI is InChI=1S/C21H21FN4O2/c1-14-11-15(5-6-19(14)26-9-7-25(13-27)8-10-26)23-12-16-20-17(22)3-2-4-18(20)24-21(16)28/h2-6,11-13,23H,7-10H2,1H3,(H,24,28). The highest BCUT2D eigenvalue weighted by Gasteiger charge is 2.27. The molecular weight excluding hydrogens is 359 g/mol. The lowest BCUT2D eigenvalue weighted by atomic mass is 10.1. The molecule has 6 nitrogen and oxygen atoms in total. The van der Waals surface area contributed by atoms with Gasteiger partial charge in [-0.15, -0.1) is 0 Å². The van der Waals surface area contributed by atoms with Crippen LogP contribution in [-0.2, 0) is 9.59 Å². The van der Waals surface area contributed by atoms with E-state index in [1.165, 1.54) is 6.07 Å². The molecule has 1 saturated heterocycles. The number of carbonyl (C=O) groups excluding carboxylic acids is 2. The Balaban J connectivity index is 1.51. The van der Waals surface area contributed by atoms with Crippen molar-refractivity contribution in [3.8, 4) is 0 Å². The van der Waals surface area contributed by atoms with E-state index in [0.29, 0.717) is 11.3 Å². The van der Waals surface area contributed by atoms with Gasteiger partial charge >= 0.3 is 0 Å². The zero-order valence-corrected chi connectivity index (χ0v) is 15.5. The Morgan fingerprint density at radius 3 is 2.64 bits per heavy atom. The van der Waals surface area contributed by atoms with Crippen molar-refractivity contribution < 1.29 is 14.0 Å². The number of rotatable bonds is 4. The SMILES string of the molecule is Cc1cc(NC=C2C(=O)Nc3cccc(F)c32)ccc1N1CCN(C=O)CC1. The molecule has 0 saturated carbocycles. The molecule has 2 aromatic carbocycles. The third kappa shape index (κ3) is 3.31. The zero-order valence-electron chi connectivity index (χ0n) is 15.5. The van der Waals surface area contributed by atoms with Gasteiger partial charge in [0.25, 0.3) is 5.91 Å². The lowest BCUT2D eigenvalue weighted by Gasteiger charge is -2.35. The molecule has 0 spiro atoms. The van der Waals surface area contributed by atoms with Crippen molar-refractivity contribution in [3.05, 3.63) is 59.5 Å². The van der Waals surface area contributed by atoms with Gasteiger partial charge in [-0.3, -0.25) is 9.59 Å². The summed E-state index contributed by atoms with van der Waals surface area (Å²) < 4.78 is 14.1. The van der Waals surface area contributed by atoms with Crippen molar-refractivity contribution in [2.45, 2.75) is 6.92 Å². The van der Waals surface area contributed by atoms with Crippen LogP contribution in [0, 0.1) is 12.7 Å². The van der Waals surface area contributed by atoms with Crippen molar-refractivity contribution in [1.29, 1.82) is 0 Å². The molecular formula is C21H21FN4O2. The quantitative estimate of drug-likeness (QED) is 0.632. The normalized spacial score (nSPS) is 17.5. The van der Waals surface area contributed by atoms with Crippen LogP contribution in [0.3, 0.4) is 0 Å². The minimum atomic E-state index is -0.426. The second-order valence-electron chi connectivity index (χ2n) is 6.95. The average molecular weight is 380 g/mol. The van der Waals surface area contributed by atoms with Gasteiger partial charge in [-0.25, -0.2) is 4.39 Å². The summed E-state index contributed by atoms with van der Waals surface area (Å²) >= 11 is 0. The largest absolute Gasteiger partial charge is 0.368 e. The number of hydrogen-bond acceptors (Lipinski definition) is 4. The molecule has 144 valence electrons. The van der Waals surface area contributed by atoms with Gasteiger partial charge in [0.1, 0.15) is 5.82 Å². The maximum absolute atomic E-state index is 14.1. The third-order valence-corrected chi connectivity index (χ3v) is 5.16. The van der Waals surface area contributed by atoms with Crippen LogP contribution in [0.1, 0.15) is 11.1 Å². The van der Waals surface area contributed by atoms with Gasteiger partial charge in [-0.2, -0.15) is 0 Å². The molecule has 1 fully saturated rings. The van der Waals surface area contributed by atoms with E-state index >= 15 is 0 Å². The van der Waals surface area contributed by atoms with Crippen LogP contribution in [0.15, 0.2) is 42.6 Å². The van der Waals surface area contributed by atoms with Crippen molar-refractivity contribution in [2.24, 2.45) is 0 Å². The predicted octanol–water partition coefficient (Wildman–Crippen LogP) is 2.82. The summed E-state index contributed by atoms with van der Waals surface area (Å²) in [5.41, 5.74) is 4.09. The average Bonchev–Trinajstić information content (AvgIpc) is 3.03. The van der Waals surface area contributed by atoms with Crippen molar-refractivity contribution in [1.82, 2.24) is 4.90 Å². The number of anilines is 3. The van der Waals surface area contributed by atoms with Gasteiger partial charge in [-0.1, -0.05) is 6.07 Å². The van der Waals surface area contributed by atoms with E-state index in [4.69, 9.17) is 0 Å². The highest BCUT2D eigenvalue weighted by molar-refractivity contribution is 6.31. The van der Waals surface area contributed by atoms with Gasteiger partial charge < -0.3 is 20.4 Å². The maximum atomic E-state index is 14.1. The molecule has 4 rings (SSSR count). The Labute approximate surface area is 162 Å². The number of carbonyl (C=O) groups is 2. The molecule has 2 aliphatic heterocycles. The van der Waals surface area contributed by atoms with Crippen LogP contribution in [0.4, 0.5) is 21.5 Å². The number of nitrogens with zero attached hydrogens (tertiary/aromatic N) is 2. The first-order valence-electron chi connectivity index (χ1n) is 9.18. The Bertz CT molecular complexity index is 965. The number of hydrogen-bond donors (Lipinski definition) is 2. The third-order valence-electron chi connectivity index (χ3n) is 5.16. The molecule has 2 aliphatic rings. The summed E-state index contributed by atoms with van der Waals surface area (Å²) in [6.07, 6.45) is 2.44. The summed E-state index contributed by atoms with van der Waals surface area (Å²) in [6, 6.07) is 10.5. The van der Waals surface area contributed by atoms with Crippen LogP contribution in [0.2, 0.25) is 0 Å². The van der Waals surface area contributed by atoms with E-state index in [-0.39, 0.29) is 11.5 Å². The summed E-state index contributed by atoms with van der Waals surface area (Å²) in [5.74, 6) is -0.751. The Kier molecular flexibility index (Phi) is 4.73. The summed E-state index contributed by atoms with van der Waals surface area (Å²) in [4.78, 5) is 27.1. The Hall–Kier alpha value is -3.35. The van der Waals surface area contributed by atoms with Gasteiger partial charge in [0.2, 0.25) is 6.41 Å². The van der Waals surface area contributed by atoms with Crippen LogP contribution in [0.25, 0.3) is 5.57 Å². The summed E-state index contributed by atoms with van der Waals surface area (Å²) in [7, 11) is 0. The lowest BCUT2D eigenvalue weighted by Crippen LogP contribution is -2.45. The first-order valence-corrected chi connectivity index (χ1v) is 9.18. The maximum Gasteiger partial charge on any atom is 0.257 e. The fraction of sp³-hybridized carbons (Fsp3) is 0.238. The molecule has 2 aromatic rings. The van der Waals surface area contributed by atoms with Gasteiger partial charge in [-0.05, 0) is 42.8 Å². The molecule has 7 heteroatoms. The van der Waals surface area contributed by atoms with Crippen molar-refractivity contribution >= 4 is 35.0 Å². The first-order chi connectivity index (χ1) is 13.6. The first kappa shape index (κ1) is 18.0. The van der Waals surface area contributed by atoms with E-state index in [2.05, 4.69) is 15.5 Å². The Morgan fingerprint density at radius 1 is 1.14 bits per heavy atom. The second kappa shape index (κ2) is 7.34. The van der Waals surface area contributed by atoms with Crippen molar-refractivity contribution in [3.63, 3.8) is 0 Å². The molecule has 0 aromatic heterocycles. The van der Waals surface area contributed by atoms with Crippen LogP contribution < -0.4 is 15.5 Å². The van der Waals surface area contributed by atoms with Gasteiger partial charge in [0, 0.05) is 49.3 Å². The van der Waals surface area contributed by atoms with Gasteiger partial charge in [0.05, 0.1) is 11.3 Å². The Morgan fingerprint density at radius 2 is 1.93 bits per heavy atom. The topological polar surface area (TPSA) is 64.7 Å². The van der Waals surface area contributed by atoms with E-state index in [1.807, 2.05) is 25.1 Å². The molecule has 2 N–H and O–H groups in total. The van der Waals surface area contributed by atoms with Crippen molar-refractivity contribution in [2.75, 3.05) is 41.7 Å². The number of halogens is 1. The highest BCUT2D eigenvalue weighted by atomic mass is 19.1. The molecule has 0 atom stereocenters. The fourth-order valence-corrected chi connectivity index (χ4v) is 3.67. The molecule has 28 heavy (non-hydrogen) atoms. The molecule has 2 amide bonds. The smallest absolute Gasteiger partial charge is 0.257 e. The van der Waals surface area contributed by atoms with E-state index in [1.54, 1.807) is 23.2 Å². The monoisotopic (exact) mass is 380 g/mol. The minimum absolute atomic E-state index is 0.278. The second-order valence-corrected chi connectivity index (χ2v) is 6.95.